The Bertz CT molecular complexity index is 938. The Morgan fingerprint density at radius 1 is 1.03 bits per heavy atom. The molecule has 7 heteroatoms. The summed E-state index contributed by atoms with van der Waals surface area (Å²) in [6.45, 7) is 3.26. The predicted molar refractivity (Wildman–Crippen MR) is 122 cm³/mol. The molecule has 1 saturated heterocycles. The average molecular weight is 444 g/mol. The molecule has 0 radical (unpaired) electrons. The lowest BCUT2D eigenvalue weighted by Gasteiger charge is -2.36. The number of hydrogen-bond donors (Lipinski definition) is 0. The second-order valence-corrected chi connectivity index (χ2v) is 9.42. The van der Waals surface area contributed by atoms with Crippen molar-refractivity contribution >= 4 is 46.3 Å². The van der Waals surface area contributed by atoms with Crippen LogP contribution in [0.1, 0.15) is 11.3 Å². The topological polar surface area (TPSA) is 36.4 Å². The number of thiazole rings is 1. The van der Waals surface area contributed by atoms with Crippen LogP contribution in [0.2, 0.25) is 5.02 Å². The first-order chi connectivity index (χ1) is 14.2. The van der Waals surface area contributed by atoms with Crippen molar-refractivity contribution < 1.29 is 4.79 Å². The van der Waals surface area contributed by atoms with E-state index in [0.717, 1.165) is 47.0 Å². The van der Waals surface area contributed by atoms with Crippen molar-refractivity contribution in [2.45, 2.75) is 16.5 Å². The Hall–Kier alpha value is -2.02. The van der Waals surface area contributed by atoms with Gasteiger partial charge in [-0.2, -0.15) is 0 Å². The van der Waals surface area contributed by atoms with E-state index in [1.54, 1.807) is 23.1 Å². The number of rotatable bonds is 6. The molecule has 1 aromatic heterocycles. The number of hydrogen-bond acceptors (Lipinski definition) is 5. The van der Waals surface area contributed by atoms with Crippen LogP contribution < -0.4 is 4.90 Å². The van der Waals surface area contributed by atoms with Gasteiger partial charge in [-0.15, -0.1) is 11.3 Å². The number of benzene rings is 2. The molecule has 0 bridgehead atoms. The van der Waals surface area contributed by atoms with Crippen molar-refractivity contribution in [3.63, 3.8) is 0 Å². The van der Waals surface area contributed by atoms with Crippen LogP contribution in [0.5, 0.6) is 0 Å². The Morgan fingerprint density at radius 3 is 2.48 bits per heavy atom. The van der Waals surface area contributed by atoms with Gasteiger partial charge in [-0.1, -0.05) is 53.7 Å². The summed E-state index contributed by atoms with van der Waals surface area (Å²) in [7, 11) is 0. The quantitative estimate of drug-likeness (QED) is 0.503. The lowest BCUT2D eigenvalue weighted by molar-refractivity contribution is -0.130. The van der Waals surface area contributed by atoms with Gasteiger partial charge in [-0.25, -0.2) is 4.98 Å². The largest absolute Gasteiger partial charge is 0.368 e. The fourth-order valence-electron chi connectivity index (χ4n) is 3.28. The van der Waals surface area contributed by atoms with Crippen molar-refractivity contribution in [3.05, 3.63) is 76.3 Å². The van der Waals surface area contributed by atoms with Crippen molar-refractivity contribution in [1.29, 1.82) is 0 Å². The molecule has 0 aliphatic carbocycles. The van der Waals surface area contributed by atoms with Crippen LogP contribution in [-0.2, 0) is 17.0 Å². The van der Waals surface area contributed by atoms with Crippen LogP contribution in [0.15, 0.2) is 64.3 Å². The molecular formula is C22H22ClN3OS2. The number of piperazine rings is 1. The molecule has 1 aliphatic rings. The number of amides is 1. The van der Waals surface area contributed by atoms with Gasteiger partial charge in [0.15, 0.2) is 0 Å². The number of halogens is 1. The molecule has 29 heavy (non-hydrogen) atoms. The number of anilines is 1. The van der Waals surface area contributed by atoms with Crippen LogP contribution in [0.25, 0.3) is 0 Å². The highest BCUT2D eigenvalue weighted by Crippen LogP contribution is 2.27. The van der Waals surface area contributed by atoms with Gasteiger partial charge in [0.25, 0.3) is 0 Å². The van der Waals surface area contributed by atoms with Crippen LogP contribution in [-0.4, -0.2) is 42.0 Å². The predicted octanol–water partition coefficient (Wildman–Crippen LogP) is 4.98. The maximum Gasteiger partial charge on any atom is 0.228 e. The number of aromatic nitrogens is 1. The Labute approximate surface area is 184 Å². The third-order valence-electron chi connectivity index (χ3n) is 4.89. The molecule has 1 amide bonds. The second-order valence-electron chi connectivity index (χ2n) is 6.90. The second kappa shape index (κ2) is 9.65. The minimum atomic E-state index is 0.164. The zero-order valence-corrected chi connectivity index (χ0v) is 18.3. The normalized spacial score (nSPS) is 14.2. The lowest BCUT2D eigenvalue weighted by atomic mass is 10.2. The van der Waals surface area contributed by atoms with Gasteiger partial charge in [0.2, 0.25) is 5.91 Å². The summed E-state index contributed by atoms with van der Waals surface area (Å²) < 4.78 is 0.997. The summed E-state index contributed by atoms with van der Waals surface area (Å²) in [4.78, 5) is 21.6. The van der Waals surface area contributed by atoms with Gasteiger partial charge < -0.3 is 9.80 Å². The van der Waals surface area contributed by atoms with E-state index in [0.29, 0.717) is 6.42 Å². The molecule has 3 aromatic rings. The highest BCUT2D eigenvalue weighted by atomic mass is 35.5. The molecule has 0 N–H and O–H groups in total. The summed E-state index contributed by atoms with van der Waals surface area (Å²) in [6.07, 6.45) is 0.378. The monoisotopic (exact) mass is 443 g/mol. The standard InChI is InChI=1S/C22H22ClN3OS2/c23-18-8-6-17(7-9-18)15-28-22-24-19(16-29-22)14-21(27)26-12-10-25(11-13-26)20-4-2-1-3-5-20/h1-9,16H,10-15H2. The number of nitrogens with zero attached hydrogens (tertiary/aromatic N) is 3. The molecule has 0 saturated carbocycles. The van der Waals surface area contributed by atoms with Crippen molar-refractivity contribution in [3.8, 4) is 0 Å². The first-order valence-electron chi connectivity index (χ1n) is 9.57. The number of para-hydroxylation sites is 1. The third kappa shape index (κ3) is 5.53. The number of thioether (sulfide) groups is 1. The highest BCUT2D eigenvalue weighted by molar-refractivity contribution is 8.00. The molecule has 1 aliphatic heterocycles. The summed E-state index contributed by atoms with van der Waals surface area (Å²) in [5.74, 6) is 1.01. The van der Waals surface area contributed by atoms with E-state index in [1.165, 1.54) is 11.3 Å². The molecule has 4 rings (SSSR count). The fraction of sp³-hybridized carbons (Fsp3) is 0.273. The average Bonchev–Trinajstić information content (AvgIpc) is 3.21. The van der Waals surface area contributed by atoms with Crippen LogP contribution >= 0.6 is 34.7 Å². The van der Waals surface area contributed by atoms with Crippen LogP contribution in [0, 0.1) is 0 Å². The molecular weight excluding hydrogens is 422 g/mol. The van der Waals surface area contributed by atoms with E-state index in [4.69, 9.17) is 11.6 Å². The van der Waals surface area contributed by atoms with E-state index in [-0.39, 0.29) is 5.91 Å². The molecule has 4 nitrogen and oxygen atoms in total. The van der Waals surface area contributed by atoms with Gasteiger partial charge in [-0.3, -0.25) is 4.79 Å². The summed E-state index contributed by atoms with van der Waals surface area (Å²) in [6, 6.07) is 18.2. The minimum Gasteiger partial charge on any atom is -0.368 e. The molecule has 2 aromatic carbocycles. The van der Waals surface area contributed by atoms with Gasteiger partial charge in [-0.05, 0) is 29.8 Å². The van der Waals surface area contributed by atoms with Gasteiger partial charge in [0.05, 0.1) is 12.1 Å². The first-order valence-corrected chi connectivity index (χ1v) is 11.8. The zero-order chi connectivity index (χ0) is 20.1. The third-order valence-corrected chi connectivity index (χ3v) is 7.29. The number of carbonyl (C=O) groups is 1. The first kappa shape index (κ1) is 20.3. The van der Waals surface area contributed by atoms with Gasteiger partial charge >= 0.3 is 0 Å². The number of carbonyl (C=O) groups excluding carboxylic acids is 1. The Morgan fingerprint density at radius 2 is 1.76 bits per heavy atom. The zero-order valence-electron chi connectivity index (χ0n) is 16.0. The minimum absolute atomic E-state index is 0.164. The van der Waals surface area contributed by atoms with Crippen molar-refractivity contribution in [2.24, 2.45) is 0 Å². The smallest absolute Gasteiger partial charge is 0.228 e. The van der Waals surface area contributed by atoms with Crippen LogP contribution in [0.3, 0.4) is 0 Å². The molecule has 2 heterocycles. The molecule has 150 valence electrons. The SMILES string of the molecule is O=C(Cc1csc(SCc2ccc(Cl)cc2)n1)N1CCN(c2ccccc2)CC1. The molecule has 0 unspecified atom stereocenters. The van der Waals surface area contributed by atoms with E-state index in [1.807, 2.05) is 40.6 Å². The summed E-state index contributed by atoms with van der Waals surface area (Å²) >= 11 is 9.23. The highest BCUT2D eigenvalue weighted by Gasteiger charge is 2.22. The fourth-order valence-corrected chi connectivity index (χ4v) is 5.21. The van der Waals surface area contributed by atoms with E-state index >= 15 is 0 Å². The Kier molecular flexibility index (Phi) is 6.74. The van der Waals surface area contributed by atoms with Gasteiger partial charge in [0.1, 0.15) is 4.34 Å². The Balaban J connectivity index is 1.25. The van der Waals surface area contributed by atoms with E-state index < -0.39 is 0 Å². The molecule has 0 spiro atoms. The summed E-state index contributed by atoms with van der Waals surface area (Å²) in [5.41, 5.74) is 3.30. The summed E-state index contributed by atoms with van der Waals surface area (Å²) in [5, 5.41) is 2.75. The molecule has 1 fully saturated rings. The van der Waals surface area contributed by atoms with E-state index in [9.17, 15) is 4.79 Å². The molecule has 0 atom stereocenters. The van der Waals surface area contributed by atoms with E-state index in [2.05, 4.69) is 34.1 Å². The maximum atomic E-state index is 12.7. The van der Waals surface area contributed by atoms with Crippen molar-refractivity contribution in [1.82, 2.24) is 9.88 Å². The van der Waals surface area contributed by atoms with Gasteiger partial charge in [0, 0.05) is 48.0 Å². The van der Waals surface area contributed by atoms with Crippen molar-refractivity contribution in [2.75, 3.05) is 31.1 Å². The maximum absolute atomic E-state index is 12.7. The lowest BCUT2D eigenvalue weighted by Crippen LogP contribution is -2.49. The van der Waals surface area contributed by atoms with Crippen LogP contribution in [0.4, 0.5) is 5.69 Å².